The maximum absolute atomic E-state index is 12.3. The average Bonchev–Trinajstić information content (AvgIpc) is 2.48. The molecule has 2 rings (SSSR count). The van der Waals surface area contributed by atoms with Gasteiger partial charge in [0.2, 0.25) is 0 Å². The summed E-state index contributed by atoms with van der Waals surface area (Å²) in [6.07, 6.45) is 0.209. The minimum atomic E-state index is -0.340. The first-order valence-electron chi connectivity index (χ1n) is 6.29. The molecule has 1 atom stereocenters. The highest BCUT2D eigenvalue weighted by atomic mass is 35.5. The van der Waals surface area contributed by atoms with Crippen molar-refractivity contribution in [3.05, 3.63) is 64.7 Å². The average molecular weight is 290 g/mol. The van der Waals surface area contributed by atoms with Crippen LogP contribution in [-0.2, 0) is 0 Å². The molecule has 0 radical (unpaired) electrons. The Morgan fingerprint density at radius 1 is 1.25 bits per heavy atom. The van der Waals surface area contributed by atoms with E-state index in [4.69, 9.17) is 22.1 Å². The van der Waals surface area contributed by atoms with Gasteiger partial charge >= 0.3 is 0 Å². The van der Waals surface area contributed by atoms with Gasteiger partial charge in [0.25, 0.3) is 0 Å². The number of benzene rings is 2. The third-order valence-electron chi connectivity index (χ3n) is 3.09. The van der Waals surface area contributed by atoms with Gasteiger partial charge in [-0.3, -0.25) is 4.79 Å². The number of rotatable bonds is 5. The fourth-order valence-corrected chi connectivity index (χ4v) is 2.20. The fourth-order valence-electron chi connectivity index (χ4n) is 2.03. The molecule has 2 aromatic rings. The van der Waals surface area contributed by atoms with Gasteiger partial charge in [0.1, 0.15) is 5.75 Å². The molecule has 0 bridgehead atoms. The zero-order chi connectivity index (χ0) is 14.5. The minimum absolute atomic E-state index is 0.0827. The Morgan fingerprint density at radius 2 is 1.95 bits per heavy atom. The SMILES string of the molecule is COc1ccc(Cl)cc1C(=O)CC(N)c1ccccc1. The van der Waals surface area contributed by atoms with E-state index >= 15 is 0 Å². The first-order chi connectivity index (χ1) is 9.61. The van der Waals surface area contributed by atoms with Crippen LogP contribution in [0.4, 0.5) is 0 Å². The summed E-state index contributed by atoms with van der Waals surface area (Å²) in [7, 11) is 1.52. The molecule has 0 aromatic heterocycles. The number of carbonyl (C=O) groups excluding carboxylic acids is 1. The van der Waals surface area contributed by atoms with Crippen LogP contribution in [0.5, 0.6) is 5.75 Å². The Morgan fingerprint density at radius 3 is 2.60 bits per heavy atom. The molecule has 0 saturated carbocycles. The lowest BCUT2D eigenvalue weighted by Crippen LogP contribution is -2.16. The van der Waals surface area contributed by atoms with Gasteiger partial charge in [-0.05, 0) is 23.8 Å². The number of ketones is 1. The molecule has 0 heterocycles. The summed E-state index contributed by atoms with van der Waals surface area (Å²) in [6, 6.07) is 14.2. The fraction of sp³-hybridized carbons (Fsp3) is 0.188. The molecule has 2 aromatic carbocycles. The molecule has 0 saturated heterocycles. The van der Waals surface area contributed by atoms with Gasteiger partial charge in [-0.15, -0.1) is 0 Å². The van der Waals surface area contributed by atoms with Crippen molar-refractivity contribution in [1.82, 2.24) is 0 Å². The third-order valence-corrected chi connectivity index (χ3v) is 3.33. The molecule has 0 fully saturated rings. The van der Waals surface area contributed by atoms with Crippen LogP contribution in [0.15, 0.2) is 48.5 Å². The second kappa shape index (κ2) is 6.55. The van der Waals surface area contributed by atoms with E-state index in [0.29, 0.717) is 16.3 Å². The van der Waals surface area contributed by atoms with E-state index in [1.807, 2.05) is 30.3 Å². The summed E-state index contributed by atoms with van der Waals surface area (Å²) in [6.45, 7) is 0. The van der Waals surface area contributed by atoms with E-state index in [2.05, 4.69) is 0 Å². The van der Waals surface area contributed by atoms with E-state index in [0.717, 1.165) is 5.56 Å². The van der Waals surface area contributed by atoms with Gasteiger partial charge in [-0.25, -0.2) is 0 Å². The Bertz CT molecular complexity index is 599. The third kappa shape index (κ3) is 3.38. The van der Waals surface area contributed by atoms with Crippen LogP contribution in [0.25, 0.3) is 0 Å². The van der Waals surface area contributed by atoms with Crippen molar-refractivity contribution < 1.29 is 9.53 Å². The van der Waals surface area contributed by atoms with Crippen molar-refractivity contribution in [3.63, 3.8) is 0 Å². The number of hydrogen-bond acceptors (Lipinski definition) is 3. The molecule has 3 nitrogen and oxygen atoms in total. The Hall–Kier alpha value is -1.84. The molecule has 4 heteroatoms. The Kier molecular flexibility index (Phi) is 4.77. The van der Waals surface area contributed by atoms with E-state index in [1.54, 1.807) is 18.2 Å². The van der Waals surface area contributed by atoms with Crippen molar-refractivity contribution in [1.29, 1.82) is 0 Å². The number of hydrogen-bond donors (Lipinski definition) is 1. The van der Waals surface area contributed by atoms with E-state index in [1.165, 1.54) is 7.11 Å². The topological polar surface area (TPSA) is 52.3 Å². The van der Waals surface area contributed by atoms with Crippen LogP contribution in [0.2, 0.25) is 5.02 Å². The molecule has 1 unspecified atom stereocenters. The van der Waals surface area contributed by atoms with Crippen molar-refractivity contribution in [2.24, 2.45) is 5.73 Å². The summed E-state index contributed by atoms with van der Waals surface area (Å²) in [5, 5.41) is 0.502. The standard InChI is InChI=1S/C16H16ClNO2/c1-20-16-8-7-12(17)9-13(16)15(19)10-14(18)11-5-3-2-4-6-11/h2-9,14H,10,18H2,1H3. The van der Waals surface area contributed by atoms with E-state index in [-0.39, 0.29) is 18.2 Å². The maximum atomic E-state index is 12.3. The van der Waals surface area contributed by atoms with Crippen LogP contribution in [0.1, 0.15) is 28.4 Å². The van der Waals surface area contributed by atoms with Crippen molar-refractivity contribution in [3.8, 4) is 5.75 Å². The predicted octanol–water partition coefficient (Wildman–Crippen LogP) is 3.62. The molecular weight excluding hydrogens is 274 g/mol. The second-order valence-corrected chi connectivity index (χ2v) is 4.93. The molecule has 0 aliphatic heterocycles. The summed E-state index contributed by atoms with van der Waals surface area (Å²) in [5.41, 5.74) is 7.46. The summed E-state index contributed by atoms with van der Waals surface area (Å²) in [5.74, 6) is 0.431. The maximum Gasteiger partial charge on any atom is 0.168 e. The normalized spacial score (nSPS) is 11.9. The molecular formula is C16H16ClNO2. The van der Waals surface area contributed by atoms with Crippen molar-refractivity contribution in [2.45, 2.75) is 12.5 Å². The van der Waals surface area contributed by atoms with Gasteiger partial charge < -0.3 is 10.5 Å². The highest BCUT2D eigenvalue weighted by Gasteiger charge is 2.17. The van der Waals surface area contributed by atoms with Crippen LogP contribution in [0.3, 0.4) is 0 Å². The molecule has 104 valence electrons. The highest BCUT2D eigenvalue weighted by molar-refractivity contribution is 6.31. The largest absolute Gasteiger partial charge is 0.496 e. The van der Waals surface area contributed by atoms with Crippen molar-refractivity contribution >= 4 is 17.4 Å². The van der Waals surface area contributed by atoms with E-state index < -0.39 is 0 Å². The number of ether oxygens (including phenoxy) is 1. The molecule has 0 aliphatic carbocycles. The molecule has 0 aliphatic rings. The predicted molar refractivity (Wildman–Crippen MR) is 80.3 cm³/mol. The van der Waals surface area contributed by atoms with Crippen molar-refractivity contribution in [2.75, 3.05) is 7.11 Å². The van der Waals surface area contributed by atoms with Gasteiger partial charge in [-0.2, -0.15) is 0 Å². The monoisotopic (exact) mass is 289 g/mol. The zero-order valence-electron chi connectivity index (χ0n) is 11.2. The first-order valence-corrected chi connectivity index (χ1v) is 6.67. The highest BCUT2D eigenvalue weighted by Crippen LogP contribution is 2.26. The number of methoxy groups -OCH3 is 1. The van der Waals surface area contributed by atoms with Gasteiger partial charge in [0.15, 0.2) is 5.78 Å². The number of nitrogens with two attached hydrogens (primary N) is 1. The molecule has 20 heavy (non-hydrogen) atoms. The van der Waals surface area contributed by atoms with Crippen LogP contribution in [-0.4, -0.2) is 12.9 Å². The first kappa shape index (κ1) is 14.6. The van der Waals surface area contributed by atoms with Gasteiger partial charge in [0, 0.05) is 17.5 Å². The number of carbonyl (C=O) groups is 1. The second-order valence-electron chi connectivity index (χ2n) is 4.49. The Balaban J connectivity index is 2.18. The quantitative estimate of drug-likeness (QED) is 0.855. The minimum Gasteiger partial charge on any atom is -0.496 e. The Labute approximate surface area is 123 Å². The smallest absolute Gasteiger partial charge is 0.168 e. The summed E-state index contributed by atoms with van der Waals surface area (Å²) in [4.78, 5) is 12.3. The van der Waals surface area contributed by atoms with Gasteiger partial charge in [-0.1, -0.05) is 41.9 Å². The lowest BCUT2D eigenvalue weighted by molar-refractivity contribution is 0.0971. The summed E-state index contributed by atoms with van der Waals surface area (Å²) >= 11 is 5.93. The van der Waals surface area contributed by atoms with E-state index in [9.17, 15) is 4.79 Å². The van der Waals surface area contributed by atoms with Crippen LogP contribution >= 0.6 is 11.6 Å². The van der Waals surface area contributed by atoms with Crippen LogP contribution < -0.4 is 10.5 Å². The van der Waals surface area contributed by atoms with Gasteiger partial charge in [0.05, 0.1) is 12.7 Å². The van der Waals surface area contributed by atoms with Crippen LogP contribution in [0, 0.1) is 0 Å². The molecule has 2 N–H and O–H groups in total. The zero-order valence-corrected chi connectivity index (χ0v) is 11.9. The summed E-state index contributed by atoms with van der Waals surface area (Å²) < 4.78 is 5.19. The molecule has 0 spiro atoms. The number of halogens is 1. The lowest BCUT2D eigenvalue weighted by Gasteiger charge is -2.13. The lowest BCUT2D eigenvalue weighted by atomic mass is 9.98. The molecule has 0 amide bonds. The number of Topliss-reactive ketones (excluding diaryl/α,β-unsaturated/α-hetero) is 1.